The van der Waals surface area contributed by atoms with Gasteiger partial charge in [-0.2, -0.15) is 0 Å². The Balaban J connectivity index is -0.0000000184. The van der Waals surface area contributed by atoms with Crippen molar-refractivity contribution in [2.24, 2.45) is 0 Å². The van der Waals surface area contributed by atoms with E-state index in [1.54, 1.807) is 0 Å². The van der Waals surface area contributed by atoms with E-state index in [1.165, 1.54) is 0 Å². The third-order valence-corrected chi connectivity index (χ3v) is 0. The molecule has 9 heteroatoms. The molecular formula is C6H10NaO6SSb. The van der Waals surface area contributed by atoms with Gasteiger partial charge in [-0.05, 0) is 20.8 Å². The Morgan fingerprint density at radius 1 is 0.733 bits per heavy atom. The predicted octanol–water partition coefficient (Wildman–Crippen LogP) is -7.38. The van der Waals surface area contributed by atoms with Crippen molar-refractivity contribution in [3.05, 3.63) is 0 Å². The largest absolute Gasteiger partial charge is 3.00 e. The molecule has 0 heterocycles. The zero-order chi connectivity index (χ0) is 10.7. The molecule has 0 aromatic heterocycles. The fourth-order valence-electron chi connectivity index (χ4n) is 0. The van der Waals surface area contributed by atoms with Gasteiger partial charge >= 0.3 is 54.0 Å². The number of thiol groups is 1. The summed E-state index contributed by atoms with van der Waals surface area (Å²) in [5.74, 6) is -3.25. The first-order valence-electron chi connectivity index (χ1n) is 2.72. The average Bonchev–Trinajstić information content (AvgIpc) is 1.54. The van der Waals surface area contributed by atoms with E-state index >= 15 is 0 Å². The second kappa shape index (κ2) is 29.3. The summed E-state index contributed by atoms with van der Waals surface area (Å²) < 4.78 is 0. The van der Waals surface area contributed by atoms with Gasteiger partial charge in [-0.15, -0.1) is 0 Å². The molecule has 0 amide bonds. The maximum atomic E-state index is 8.89. The maximum absolute atomic E-state index is 8.89. The first-order valence-corrected chi connectivity index (χ1v) is 2.72. The Hall–Kier alpha value is 0.578. The maximum Gasteiger partial charge on any atom is 3.00 e. The fraction of sp³-hybridized carbons (Fsp3) is 0.500. The molecule has 15 heavy (non-hydrogen) atoms. The summed E-state index contributed by atoms with van der Waals surface area (Å²) in [6, 6.07) is 0. The molecular weight excluding hydrogens is 345 g/mol. The molecule has 0 saturated heterocycles. The van der Waals surface area contributed by atoms with Crippen LogP contribution < -0.4 is 44.9 Å². The van der Waals surface area contributed by atoms with Crippen LogP contribution in [0.3, 0.4) is 0 Å². The number of carbonyl (C=O) groups is 3. The van der Waals surface area contributed by atoms with E-state index in [4.69, 9.17) is 29.7 Å². The number of rotatable bonds is 0. The van der Waals surface area contributed by atoms with E-state index in [0.717, 1.165) is 20.8 Å². The van der Waals surface area contributed by atoms with Gasteiger partial charge < -0.3 is 43.2 Å². The molecule has 0 atom stereocenters. The van der Waals surface area contributed by atoms with Gasteiger partial charge in [0.15, 0.2) is 0 Å². The van der Waals surface area contributed by atoms with Crippen LogP contribution in [0.15, 0.2) is 0 Å². The Bertz CT molecular complexity index is 125. The summed E-state index contributed by atoms with van der Waals surface area (Å²) in [4.78, 5) is 26.7. The van der Waals surface area contributed by atoms with Crippen LogP contribution in [0.25, 0.3) is 0 Å². The van der Waals surface area contributed by atoms with Gasteiger partial charge in [-0.3, -0.25) is 0 Å². The number of hydrogen-bond donors (Lipinski definition) is 0. The third kappa shape index (κ3) is 6900. The minimum absolute atomic E-state index is 0. The molecule has 0 aromatic carbocycles. The number of carboxylic acid groups (broad SMARTS) is 3. The Kier molecular flexibility index (Phi) is 70.5. The van der Waals surface area contributed by atoms with Crippen molar-refractivity contribution in [3.63, 3.8) is 0 Å². The fourth-order valence-corrected chi connectivity index (χ4v) is 0. The van der Waals surface area contributed by atoms with Crippen LogP contribution in [0.1, 0.15) is 20.8 Å². The minimum atomic E-state index is -1.08. The molecule has 82 valence electrons. The summed E-state index contributed by atoms with van der Waals surface area (Å²) in [6.07, 6.45) is 0. The molecule has 0 bridgehead atoms. The molecule has 0 aliphatic rings. The Morgan fingerprint density at radius 2 is 0.733 bits per heavy atom. The second-order valence-corrected chi connectivity index (χ2v) is 1.47. The molecule has 0 saturated carbocycles. The van der Waals surface area contributed by atoms with E-state index < -0.39 is 17.9 Å². The van der Waals surface area contributed by atoms with Gasteiger partial charge in [-0.25, -0.2) is 0 Å². The normalized spacial score (nSPS) is 5.00. The summed E-state index contributed by atoms with van der Waals surface area (Å²) >= 11 is 0. The molecule has 0 aromatic rings. The van der Waals surface area contributed by atoms with E-state index in [0.29, 0.717) is 0 Å². The molecule has 0 aliphatic heterocycles. The molecule has 0 fully saturated rings. The van der Waals surface area contributed by atoms with E-state index in [9.17, 15) is 0 Å². The monoisotopic (exact) mass is 354 g/mol. The molecule has 0 aliphatic carbocycles. The minimum Gasteiger partial charge on any atom is -0.813 e. The quantitative estimate of drug-likeness (QED) is 0.241. The van der Waals surface area contributed by atoms with Crippen LogP contribution in [0, 0.1) is 0 Å². The van der Waals surface area contributed by atoms with Crippen molar-refractivity contribution < 1.29 is 59.3 Å². The topological polar surface area (TPSA) is 120 Å². The zero-order valence-electron chi connectivity index (χ0n) is 8.84. The van der Waals surface area contributed by atoms with Crippen molar-refractivity contribution in [2.45, 2.75) is 20.8 Å². The molecule has 0 rings (SSSR count). The Labute approximate surface area is 135 Å². The number of hydrogen-bond acceptors (Lipinski definition) is 7. The van der Waals surface area contributed by atoms with Gasteiger partial charge in [0, 0.05) is 17.9 Å². The van der Waals surface area contributed by atoms with Gasteiger partial charge in [0.1, 0.15) is 0 Å². The summed E-state index contributed by atoms with van der Waals surface area (Å²) in [7, 11) is 0. The predicted molar refractivity (Wildman–Crippen MR) is 46.6 cm³/mol. The molecule has 0 unspecified atom stereocenters. The summed E-state index contributed by atoms with van der Waals surface area (Å²) in [5.41, 5.74) is 0. The van der Waals surface area contributed by atoms with Crippen LogP contribution in [0.4, 0.5) is 0 Å². The molecule has 0 spiro atoms. The van der Waals surface area contributed by atoms with Crippen molar-refractivity contribution in [1.29, 1.82) is 0 Å². The van der Waals surface area contributed by atoms with Crippen LogP contribution in [0.5, 0.6) is 0 Å². The first kappa shape index (κ1) is 36.1. The SMILES string of the molecule is CC(=O)[O-].CC(=O)[O-].CC(=O)[O-].[Na+].[SH-].[Sb+3]. The number of carboxylic acids is 3. The van der Waals surface area contributed by atoms with Gasteiger partial charge in [-0.1, -0.05) is 0 Å². The number of aliphatic carboxylic acids is 3. The van der Waals surface area contributed by atoms with Gasteiger partial charge in [0.2, 0.25) is 0 Å². The summed E-state index contributed by atoms with van der Waals surface area (Å²) in [5, 5.41) is 26.7. The standard InChI is InChI=1S/3C2H4O2.Na.H2S.Sb/c3*1-2(3)4;;;/h3*1H3,(H,3,4);;1H2;/q;;;+1;;+3/p-4. The zero-order valence-corrected chi connectivity index (χ0v) is 14.3. The summed E-state index contributed by atoms with van der Waals surface area (Å²) in [6.45, 7) is 2.92. The van der Waals surface area contributed by atoms with E-state index in [-0.39, 0.29) is 67.5 Å². The second-order valence-electron chi connectivity index (χ2n) is 1.47. The van der Waals surface area contributed by atoms with Crippen LogP contribution in [-0.2, 0) is 27.9 Å². The van der Waals surface area contributed by atoms with Crippen LogP contribution in [-0.4, -0.2) is 42.3 Å². The van der Waals surface area contributed by atoms with Gasteiger partial charge in [0.05, 0.1) is 0 Å². The Morgan fingerprint density at radius 3 is 0.733 bits per heavy atom. The van der Waals surface area contributed by atoms with E-state index in [2.05, 4.69) is 0 Å². The first-order chi connectivity index (χ1) is 5.20. The van der Waals surface area contributed by atoms with Crippen molar-refractivity contribution in [2.75, 3.05) is 0 Å². The molecule has 2 radical (unpaired) electrons. The van der Waals surface area contributed by atoms with Crippen LogP contribution >= 0.6 is 0 Å². The van der Waals surface area contributed by atoms with Crippen LogP contribution in [0.2, 0.25) is 0 Å². The van der Waals surface area contributed by atoms with Gasteiger partial charge in [0.25, 0.3) is 0 Å². The molecule has 6 nitrogen and oxygen atoms in total. The van der Waals surface area contributed by atoms with E-state index in [1.807, 2.05) is 0 Å². The third-order valence-electron chi connectivity index (χ3n) is 0. The molecule has 0 N–H and O–H groups in total. The van der Waals surface area contributed by atoms with Crippen molar-refractivity contribution in [1.82, 2.24) is 0 Å². The van der Waals surface area contributed by atoms with Crippen molar-refractivity contribution >= 4 is 55.8 Å². The average molecular weight is 355 g/mol. The smallest absolute Gasteiger partial charge is 0.813 e. The van der Waals surface area contributed by atoms with Crippen molar-refractivity contribution in [3.8, 4) is 0 Å². The number of carbonyl (C=O) groups excluding carboxylic acids is 3.